The van der Waals surface area contributed by atoms with E-state index in [0.717, 1.165) is 11.3 Å². The van der Waals surface area contributed by atoms with E-state index in [0.29, 0.717) is 31.8 Å². The zero-order chi connectivity index (χ0) is 23.3. The van der Waals surface area contributed by atoms with Gasteiger partial charge in [0.1, 0.15) is 17.6 Å². The second-order valence-electron chi connectivity index (χ2n) is 8.44. The molecule has 2 N–H and O–H groups in total. The van der Waals surface area contributed by atoms with Crippen molar-refractivity contribution in [1.29, 1.82) is 0 Å². The minimum absolute atomic E-state index is 0.128. The van der Waals surface area contributed by atoms with Crippen LogP contribution in [0.3, 0.4) is 0 Å². The van der Waals surface area contributed by atoms with E-state index in [9.17, 15) is 14.4 Å². The highest BCUT2D eigenvalue weighted by Crippen LogP contribution is 2.37. The lowest BCUT2D eigenvalue weighted by molar-refractivity contribution is -0.129. The molecule has 0 unspecified atom stereocenters. The minimum atomic E-state index is -0.709. The highest BCUT2D eigenvalue weighted by atomic mass is 16.5. The molecule has 176 valence electrons. The lowest BCUT2D eigenvalue weighted by Gasteiger charge is -2.39. The fraction of sp³-hybridized carbons (Fsp3) is 0.458. The zero-order valence-corrected chi connectivity index (χ0v) is 18.7. The van der Waals surface area contributed by atoms with Crippen molar-refractivity contribution in [3.8, 4) is 5.75 Å². The third-order valence-corrected chi connectivity index (χ3v) is 6.42. The van der Waals surface area contributed by atoms with Crippen LogP contribution in [-0.2, 0) is 26.3 Å². The lowest BCUT2D eigenvalue weighted by Crippen LogP contribution is -2.47. The number of furan rings is 1. The molecule has 9 nitrogen and oxygen atoms in total. The summed E-state index contributed by atoms with van der Waals surface area (Å²) in [6.07, 6.45) is 3.32. The quantitative estimate of drug-likeness (QED) is 0.562. The molecule has 4 rings (SSSR count). The van der Waals surface area contributed by atoms with Gasteiger partial charge in [-0.3, -0.25) is 14.5 Å². The first kappa shape index (κ1) is 22.8. The van der Waals surface area contributed by atoms with Gasteiger partial charge in [0.2, 0.25) is 5.91 Å². The van der Waals surface area contributed by atoms with Gasteiger partial charge in [0.15, 0.2) is 0 Å². The Hall–Kier alpha value is -3.33. The molecule has 1 aromatic carbocycles. The lowest BCUT2D eigenvalue weighted by atomic mass is 9.73. The maximum Gasteiger partial charge on any atom is 0.324 e. The smallest absolute Gasteiger partial charge is 0.324 e. The number of ether oxygens (including phenoxy) is 2. The average molecular weight is 456 g/mol. The highest BCUT2D eigenvalue weighted by molar-refractivity contribution is 6.04. The van der Waals surface area contributed by atoms with Crippen LogP contribution < -0.4 is 15.4 Å². The molecule has 33 heavy (non-hydrogen) atoms. The average Bonchev–Trinajstić information content (AvgIpc) is 3.46. The van der Waals surface area contributed by atoms with Crippen LogP contribution in [0, 0.1) is 0 Å². The molecule has 1 aromatic heterocycles. The largest absolute Gasteiger partial charge is 0.497 e. The number of carbonyl (C=O) groups is 3. The van der Waals surface area contributed by atoms with Gasteiger partial charge in [-0.1, -0.05) is 12.1 Å². The molecule has 2 aliphatic rings. The Morgan fingerprint density at radius 2 is 1.97 bits per heavy atom. The van der Waals surface area contributed by atoms with Gasteiger partial charge >= 0.3 is 6.03 Å². The van der Waals surface area contributed by atoms with E-state index in [1.165, 1.54) is 4.90 Å². The molecule has 0 aliphatic carbocycles. The third kappa shape index (κ3) is 5.19. The van der Waals surface area contributed by atoms with Gasteiger partial charge in [-0.05, 0) is 49.1 Å². The molecule has 0 radical (unpaired) electrons. The molecular weight excluding hydrogens is 426 g/mol. The van der Waals surface area contributed by atoms with Gasteiger partial charge in [0.05, 0.1) is 19.9 Å². The van der Waals surface area contributed by atoms with Crippen LogP contribution in [0.25, 0.3) is 0 Å². The second kappa shape index (κ2) is 10.1. The molecule has 3 heterocycles. The predicted molar refractivity (Wildman–Crippen MR) is 119 cm³/mol. The summed E-state index contributed by atoms with van der Waals surface area (Å²) >= 11 is 0. The molecule has 0 spiro atoms. The van der Waals surface area contributed by atoms with Crippen LogP contribution in [0.4, 0.5) is 4.79 Å². The summed E-state index contributed by atoms with van der Waals surface area (Å²) in [6.45, 7) is 1.69. The summed E-state index contributed by atoms with van der Waals surface area (Å²) in [7, 11) is 1.61. The van der Waals surface area contributed by atoms with E-state index in [-0.39, 0.29) is 43.2 Å². The van der Waals surface area contributed by atoms with Crippen molar-refractivity contribution in [2.75, 3.05) is 26.9 Å². The van der Waals surface area contributed by atoms with Gasteiger partial charge in [-0.15, -0.1) is 0 Å². The molecule has 9 heteroatoms. The number of carbonyl (C=O) groups excluding carboxylic acids is 3. The molecule has 2 aromatic rings. The van der Waals surface area contributed by atoms with E-state index in [1.807, 2.05) is 24.3 Å². The van der Waals surface area contributed by atoms with Gasteiger partial charge < -0.3 is 24.5 Å². The number of urea groups is 1. The topological polar surface area (TPSA) is 110 Å². The Morgan fingerprint density at radius 3 is 2.64 bits per heavy atom. The summed E-state index contributed by atoms with van der Waals surface area (Å²) in [5, 5.41) is 5.50. The molecule has 2 fully saturated rings. The number of nitrogens with one attached hydrogen (secondary N) is 2. The van der Waals surface area contributed by atoms with Crippen LogP contribution in [0.5, 0.6) is 5.75 Å². The summed E-state index contributed by atoms with van der Waals surface area (Å²) < 4.78 is 16.0. The second-order valence-corrected chi connectivity index (χ2v) is 8.44. The maximum atomic E-state index is 13.1. The standard InChI is InChI=1S/C24H29N3O6/c1-31-18-6-4-17(5-7-18)24(10-13-32-14-11-24)16-27-22(29)20(26-23(27)30)8-9-21(28)25-15-19-3-2-12-33-19/h2-7,12,20H,8-11,13-16H2,1H3,(H,25,28)(H,26,30)/t20-/m0/s1. The summed E-state index contributed by atoms with van der Waals surface area (Å²) in [5.74, 6) is 0.908. The Morgan fingerprint density at radius 1 is 1.21 bits per heavy atom. The predicted octanol–water partition coefficient (Wildman–Crippen LogP) is 2.35. The van der Waals surface area contributed by atoms with Crippen LogP contribution in [0.2, 0.25) is 0 Å². The highest BCUT2D eigenvalue weighted by Gasteiger charge is 2.44. The Kier molecular flexibility index (Phi) is 6.98. The van der Waals surface area contributed by atoms with Crippen LogP contribution in [0.1, 0.15) is 37.0 Å². The van der Waals surface area contributed by atoms with Crippen LogP contribution in [-0.4, -0.2) is 55.7 Å². The number of hydrogen-bond donors (Lipinski definition) is 2. The number of imide groups is 1. The first-order valence-corrected chi connectivity index (χ1v) is 11.1. The number of hydrogen-bond acceptors (Lipinski definition) is 6. The number of amides is 4. The fourth-order valence-corrected chi connectivity index (χ4v) is 4.43. The number of rotatable bonds is 9. The van der Waals surface area contributed by atoms with Gasteiger partial charge in [0, 0.05) is 31.6 Å². The van der Waals surface area contributed by atoms with Crippen molar-refractivity contribution in [2.24, 2.45) is 0 Å². The van der Waals surface area contributed by atoms with E-state index < -0.39 is 12.1 Å². The molecule has 0 saturated carbocycles. The molecule has 0 bridgehead atoms. The number of benzene rings is 1. The van der Waals surface area contributed by atoms with Crippen molar-refractivity contribution in [3.63, 3.8) is 0 Å². The van der Waals surface area contributed by atoms with Crippen molar-refractivity contribution >= 4 is 17.8 Å². The third-order valence-electron chi connectivity index (χ3n) is 6.42. The zero-order valence-electron chi connectivity index (χ0n) is 18.7. The minimum Gasteiger partial charge on any atom is -0.497 e. The molecular formula is C24H29N3O6. The van der Waals surface area contributed by atoms with Crippen LogP contribution >= 0.6 is 0 Å². The molecule has 2 saturated heterocycles. The SMILES string of the molecule is COc1ccc(C2(CN3C(=O)N[C@@H](CCC(=O)NCc4ccco4)C3=O)CCOCC2)cc1. The van der Waals surface area contributed by atoms with Crippen molar-refractivity contribution in [1.82, 2.24) is 15.5 Å². The summed E-state index contributed by atoms with van der Waals surface area (Å²) in [5.41, 5.74) is 0.667. The Bertz CT molecular complexity index is 967. The van der Waals surface area contributed by atoms with E-state index in [1.54, 1.807) is 25.5 Å². The van der Waals surface area contributed by atoms with Crippen molar-refractivity contribution in [2.45, 2.75) is 43.7 Å². The number of nitrogens with zero attached hydrogens (tertiary/aromatic N) is 1. The van der Waals surface area contributed by atoms with Gasteiger partial charge in [-0.25, -0.2) is 4.79 Å². The monoisotopic (exact) mass is 455 g/mol. The van der Waals surface area contributed by atoms with Gasteiger partial charge in [0.25, 0.3) is 5.91 Å². The summed E-state index contributed by atoms with van der Waals surface area (Å²) in [6, 6.07) is 10.2. The van der Waals surface area contributed by atoms with Crippen molar-refractivity contribution in [3.05, 3.63) is 54.0 Å². The fourth-order valence-electron chi connectivity index (χ4n) is 4.43. The first-order chi connectivity index (χ1) is 16.0. The Labute approximate surface area is 192 Å². The van der Waals surface area contributed by atoms with Crippen molar-refractivity contribution < 1.29 is 28.3 Å². The summed E-state index contributed by atoms with van der Waals surface area (Å²) in [4.78, 5) is 39.2. The maximum absolute atomic E-state index is 13.1. The molecule has 4 amide bonds. The van der Waals surface area contributed by atoms with Gasteiger partial charge in [-0.2, -0.15) is 0 Å². The number of methoxy groups -OCH3 is 1. The normalized spacial score (nSPS) is 19.9. The van der Waals surface area contributed by atoms with E-state index >= 15 is 0 Å². The molecule has 1 atom stereocenters. The first-order valence-electron chi connectivity index (χ1n) is 11.1. The van der Waals surface area contributed by atoms with E-state index in [4.69, 9.17) is 13.9 Å². The Balaban J connectivity index is 1.38. The van der Waals surface area contributed by atoms with E-state index in [2.05, 4.69) is 10.6 Å². The van der Waals surface area contributed by atoms with Crippen LogP contribution in [0.15, 0.2) is 47.1 Å². The molecule has 2 aliphatic heterocycles.